The van der Waals surface area contributed by atoms with E-state index in [4.69, 9.17) is 36.9 Å². The van der Waals surface area contributed by atoms with Gasteiger partial charge in [-0.25, -0.2) is 0 Å². The summed E-state index contributed by atoms with van der Waals surface area (Å²) in [6, 6.07) is 12.8. The lowest BCUT2D eigenvalue weighted by Crippen LogP contribution is -2.15. The minimum absolute atomic E-state index is 0.257. The van der Waals surface area contributed by atoms with Crippen LogP contribution in [0.15, 0.2) is 42.5 Å². The highest BCUT2D eigenvalue weighted by molar-refractivity contribution is 7.80. The summed E-state index contributed by atoms with van der Waals surface area (Å²) in [5, 5.41) is 0. The molecule has 0 atom stereocenters. The van der Waals surface area contributed by atoms with E-state index in [1.54, 1.807) is 26.4 Å². The van der Waals surface area contributed by atoms with Gasteiger partial charge in [-0.05, 0) is 24.3 Å². The van der Waals surface area contributed by atoms with Crippen molar-refractivity contribution in [2.75, 3.05) is 27.4 Å². The van der Waals surface area contributed by atoms with Gasteiger partial charge in [0.25, 0.3) is 0 Å². The maximum Gasteiger partial charge on any atom is 0.171 e. The van der Waals surface area contributed by atoms with Crippen LogP contribution >= 0.6 is 12.2 Å². The minimum atomic E-state index is 0.257. The van der Waals surface area contributed by atoms with Crippen LogP contribution in [0.2, 0.25) is 0 Å². The average Bonchev–Trinajstić information content (AvgIpc) is 2.58. The van der Waals surface area contributed by atoms with Gasteiger partial charge in [0.15, 0.2) is 11.5 Å². The minimum Gasteiger partial charge on any atom is -0.497 e. The lowest BCUT2D eigenvalue weighted by Gasteiger charge is -2.15. The molecule has 6 heteroatoms. The van der Waals surface area contributed by atoms with Crippen molar-refractivity contribution in [3.05, 3.63) is 48.0 Å². The molecule has 2 rings (SSSR count). The van der Waals surface area contributed by atoms with Gasteiger partial charge in [-0.3, -0.25) is 0 Å². The molecule has 0 spiro atoms. The van der Waals surface area contributed by atoms with Crippen molar-refractivity contribution in [1.82, 2.24) is 0 Å². The maximum absolute atomic E-state index is 5.75. The molecular weight excluding hydrogens is 314 g/mol. The van der Waals surface area contributed by atoms with E-state index in [1.807, 2.05) is 30.3 Å². The fourth-order valence-electron chi connectivity index (χ4n) is 2.01. The highest BCUT2D eigenvalue weighted by atomic mass is 32.1. The summed E-state index contributed by atoms with van der Waals surface area (Å²) in [7, 11) is 3.18. The Morgan fingerprint density at radius 1 is 0.957 bits per heavy atom. The summed E-state index contributed by atoms with van der Waals surface area (Å²) < 4.78 is 21.8. The number of nitrogens with two attached hydrogens (primary N) is 1. The normalized spacial score (nSPS) is 10.0. The number of para-hydroxylation sites is 1. The Morgan fingerprint density at radius 2 is 1.65 bits per heavy atom. The van der Waals surface area contributed by atoms with Gasteiger partial charge < -0.3 is 24.7 Å². The third kappa shape index (κ3) is 4.50. The molecule has 0 saturated heterocycles. The molecule has 2 aromatic carbocycles. The molecule has 2 aromatic rings. The van der Waals surface area contributed by atoms with E-state index in [9.17, 15) is 0 Å². The van der Waals surface area contributed by atoms with E-state index < -0.39 is 0 Å². The quantitative estimate of drug-likeness (QED) is 0.592. The highest BCUT2D eigenvalue weighted by Gasteiger charge is 2.12. The van der Waals surface area contributed by atoms with Crippen molar-refractivity contribution >= 4 is 17.2 Å². The van der Waals surface area contributed by atoms with Crippen LogP contribution in [-0.2, 0) is 0 Å². The fourth-order valence-corrected chi connectivity index (χ4v) is 2.17. The molecule has 2 N–H and O–H groups in total. The van der Waals surface area contributed by atoms with Crippen LogP contribution in [-0.4, -0.2) is 32.4 Å². The molecule has 122 valence electrons. The fraction of sp³-hybridized carbons (Fsp3) is 0.235. The van der Waals surface area contributed by atoms with E-state index in [-0.39, 0.29) is 4.99 Å². The lowest BCUT2D eigenvalue weighted by atomic mass is 10.2. The summed E-state index contributed by atoms with van der Waals surface area (Å²) in [6.45, 7) is 0.690. The zero-order chi connectivity index (χ0) is 16.7. The average molecular weight is 333 g/mol. The molecule has 23 heavy (non-hydrogen) atoms. The summed E-state index contributed by atoms with van der Waals surface area (Å²) >= 11 is 5.04. The smallest absolute Gasteiger partial charge is 0.171 e. The van der Waals surface area contributed by atoms with E-state index in [1.165, 1.54) is 0 Å². The van der Waals surface area contributed by atoms with Crippen LogP contribution < -0.4 is 24.7 Å². The topological polar surface area (TPSA) is 62.9 Å². The first-order valence-electron chi connectivity index (χ1n) is 7.02. The second-order valence-electron chi connectivity index (χ2n) is 4.58. The van der Waals surface area contributed by atoms with Gasteiger partial charge in [0.2, 0.25) is 0 Å². The molecule has 0 aliphatic heterocycles. The summed E-state index contributed by atoms with van der Waals surface area (Å²) in [6.07, 6.45) is 0. The molecule has 0 fully saturated rings. The van der Waals surface area contributed by atoms with Crippen LogP contribution in [0, 0.1) is 0 Å². The van der Waals surface area contributed by atoms with Crippen LogP contribution in [0.4, 0.5) is 0 Å². The highest BCUT2D eigenvalue weighted by Crippen LogP contribution is 2.31. The van der Waals surface area contributed by atoms with E-state index >= 15 is 0 Å². The Kier molecular flexibility index (Phi) is 6.05. The standard InChI is InChI=1S/C17H19NO4S/c1-19-12-5-3-6-13(11-12)21-9-10-22-16-14(17(18)23)7-4-8-15(16)20-2/h3-8,11H,9-10H2,1-2H3,(H2,18,23). The van der Waals surface area contributed by atoms with Crippen molar-refractivity contribution in [3.8, 4) is 23.0 Å². The number of thiocarbonyl (C=S) groups is 1. The SMILES string of the molecule is COc1cccc(OCCOc2c(OC)cccc2C(N)=S)c1. The number of ether oxygens (including phenoxy) is 4. The molecule has 0 aliphatic carbocycles. The Hall–Kier alpha value is -2.47. The van der Waals surface area contributed by atoms with Crippen molar-refractivity contribution in [2.45, 2.75) is 0 Å². The van der Waals surface area contributed by atoms with Gasteiger partial charge in [-0.15, -0.1) is 0 Å². The van der Waals surface area contributed by atoms with Crippen LogP contribution in [0.3, 0.4) is 0 Å². The number of hydrogen-bond donors (Lipinski definition) is 1. The van der Waals surface area contributed by atoms with Gasteiger partial charge in [-0.2, -0.15) is 0 Å². The first kappa shape index (κ1) is 16.9. The Balaban J connectivity index is 1.97. The Labute approximate surface area is 140 Å². The van der Waals surface area contributed by atoms with Gasteiger partial charge >= 0.3 is 0 Å². The van der Waals surface area contributed by atoms with Crippen molar-refractivity contribution in [2.24, 2.45) is 5.73 Å². The summed E-state index contributed by atoms with van der Waals surface area (Å²) in [5.74, 6) is 2.56. The van der Waals surface area contributed by atoms with Crippen LogP contribution in [0.1, 0.15) is 5.56 Å². The number of methoxy groups -OCH3 is 2. The molecule has 0 amide bonds. The van der Waals surface area contributed by atoms with Gasteiger partial charge in [0.1, 0.15) is 29.7 Å². The molecule has 0 heterocycles. The molecule has 5 nitrogen and oxygen atoms in total. The number of benzene rings is 2. The van der Waals surface area contributed by atoms with Crippen molar-refractivity contribution < 1.29 is 18.9 Å². The van der Waals surface area contributed by atoms with Crippen molar-refractivity contribution in [1.29, 1.82) is 0 Å². The Morgan fingerprint density at radius 3 is 2.35 bits per heavy atom. The predicted octanol–water partition coefficient (Wildman–Crippen LogP) is 2.80. The first-order chi connectivity index (χ1) is 11.2. The Bertz CT molecular complexity index is 675. The van der Waals surface area contributed by atoms with Crippen LogP contribution in [0.5, 0.6) is 23.0 Å². The zero-order valence-electron chi connectivity index (χ0n) is 13.1. The van der Waals surface area contributed by atoms with E-state index in [2.05, 4.69) is 0 Å². The second kappa shape index (κ2) is 8.24. The first-order valence-corrected chi connectivity index (χ1v) is 7.43. The predicted molar refractivity (Wildman–Crippen MR) is 92.9 cm³/mol. The van der Waals surface area contributed by atoms with Gasteiger partial charge in [0.05, 0.1) is 19.8 Å². The number of hydrogen-bond acceptors (Lipinski definition) is 5. The third-order valence-electron chi connectivity index (χ3n) is 3.10. The molecule has 0 unspecified atom stereocenters. The summed E-state index contributed by atoms with van der Waals surface area (Å²) in [4.78, 5) is 0.257. The van der Waals surface area contributed by atoms with Crippen molar-refractivity contribution in [3.63, 3.8) is 0 Å². The van der Waals surface area contributed by atoms with E-state index in [0.29, 0.717) is 36.0 Å². The van der Waals surface area contributed by atoms with Gasteiger partial charge in [-0.1, -0.05) is 24.4 Å². The molecule has 0 saturated carbocycles. The monoisotopic (exact) mass is 333 g/mol. The molecule has 0 bridgehead atoms. The maximum atomic E-state index is 5.75. The summed E-state index contributed by atoms with van der Waals surface area (Å²) in [5.41, 5.74) is 6.36. The molecule has 0 aromatic heterocycles. The number of rotatable bonds is 8. The van der Waals surface area contributed by atoms with Crippen LogP contribution in [0.25, 0.3) is 0 Å². The largest absolute Gasteiger partial charge is 0.497 e. The molecular formula is C17H19NO4S. The van der Waals surface area contributed by atoms with E-state index in [0.717, 1.165) is 5.75 Å². The molecule has 0 aliphatic rings. The lowest BCUT2D eigenvalue weighted by molar-refractivity contribution is 0.210. The third-order valence-corrected chi connectivity index (χ3v) is 3.32. The van der Waals surface area contributed by atoms with Gasteiger partial charge in [0, 0.05) is 6.07 Å². The zero-order valence-corrected chi connectivity index (χ0v) is 13.9. The molecule has 0 radical (unpaired) electrons. The second-order valence-corrected chi connectivity index (χ2v) is 5.02.